The van der Waals surface area contributed by atoms with Crippen LogP contribution in [0.1, 0.15) is 11.4 Å². The molecule has 2 unspecified atom stereocenters. The SMILES string of the molecule is COC(c1ccccc1)P(=O)(Cl)OC. The van der Waals surface area contributed by atoms with E-state index < -0.39 is 12.6 Å². The lowest BCUT2D eigenvalue weighted by molar-refractivity contribution is 0.153. The van der Waals surface area contributed by atoms with Crippen LogP contribution in [0.25, 0.3) is 0 Å². The van der Waals surface area contributed by atoms with Gasteiger partial charge in [-0.1, -0.05) is 30.3 Å². The van der Waals surface area contributed by atoms with Crippen molar-refractivity contribution in [1.82, 2.24) is 0 Å². The molecule has 0 aliphatic carbocycles. The fraction of sp³-hybridized carbons (Fsp3) is 0.333. The minimum atomic E-state index is -3.26. The summed E-state index contributed by atoms with van der Waals surface area (Å²) in [5, 5.41) is 0. The Morgan fingerprint density at radius 3 is 2.29 bits per heavy atom. The Kier molecular flexibility index (Phi) is 4.14. The number of ether oxygens (including phenoxy) is 1. The third-order valence-corrected chi connectivity index (χ3v) is 4.35. The highest BCUT2D eigenvalue weighted by molar-refractivity contribution is 7.85. The maximum Gasteiger partial charge on any atom is 0.322 e. The van der Waals surface area contributed by atoms with Crippen LogP contribution in [0.3, 0.4) is 0 Å². The summed E-state index contributed by atoms with van der Waals surface area (Å²) in [6, 6.07) is 9.11. The first-order valence-electron chi connectivity index (χ1n) is 4.04. The molecule has 0 saturated heterocycles. The summed E-state index contributed by atoms with van der Waals surface area (Å²) in [6.07, 6.45) is 0. The van der Waals surface area contributed by atoms with Gasteiger partial charge in [0.15, 0.2) is 5.85 Å². The van der Waals surface area contributed by atoms with E-state index in [1.165, 1.54) is 14.2 Å². The fourth-order valence-electron chi connectivity index (χ4n) is 1.15. The highest BCUT2D eigenvalue weighted by Crippen LogP contribution is 2.63. The van der Waals surface area contributed by atoms with Gasteiger partial charge in [-0.05, 0) is 16.8 Å². The highest BCUT2D eigenvalue weighted by Gasteiger charge is 2.32. The van der Waals surface area contributed by atoms with E-state index in [4.69, 9.17) is 20.5 Å². The Balaban J connectivity index is 3.00. The summed E-state index contributed by atoms with van der Waals surface area (Å²) in [4.78, 5) is 0. The third-order valence-electron chi connectivity index (χ3n) is 1.84. The number of methoxy groups -OCH3 is 1. The molecule has 0 spiro atoms. The van der Waals surface area contributed by atoms with Gasteiger partial charge in [0.1, 0.15) is 0 Å². The van der Waals surface area contributed by atoms with Gasteiger partial charge in [-0.2, -0.15) is 0 Å². The minimum Gasteiger partial charge on any atom is -0.365 e. The largest absolute Gasteiger partial charge is 0.365 e. The van der Waals surface area contributed by atoms with Gasteiger partial charge in [-0.25, -0.2) is 0 Å². The van der Waals surface area contributed by atoms with E-state index in [1.807, 2.05) is 18.2 Å². The topological polar surface area (TPSA) is 35.5 Å². The van der Waals surface area contributed by atoms with E-state index in [1.54, 1.807) is 12.1 Å². The molecule has 78 valence electrons. The third kappa shape index (κ3) is 2.58. The first-order valence-corrected chi connectivity index (χ1v) is 6.64. The van der Waals surface area contributed by atoms with Crippen molar-refractivity contribution >= 4 is 18.0 Å². The second-order valence-electron chi connectivity index (χ2n) is 2.70. The molecular weight excluding hydrogens is 223 g/mol. The van der Waals surface area contributed by atoms with Gasteiger partial charge in [-0.3, -0.25) is 4.57 Å². The van der Waals surface area contributed by atoms with E-state index in [0.29, 0.717) is 0 Å². The quantitative estimate of drug-likeness (QED) is 0.749. The van der Waals surface area contributed by atoms with Crippen molar-refractivity contribution in [2.45, 2.75) is 5.85 Å². The lowest BCUT2D eigenvalue weighted by atomic mass is 10.2. The predicted molar refractivity (Wildman–Crippen MR) is 56.7 cm³/mol. The van der Waals surface area contributed by atoms with Crippen molar-refractivity contribution in [3.8, 4) is 0 Å². The first kappa shape index (κ1) is 11.7. The molecule has 0 saturated carbocycles. The molecule has 3 nitrogen and oxygen atoms in total. The molecule has 0 radical (unpaired) electrons. The lowest BCUT2D eigenvalue weighted by Gasteiger charge is -2.19. The van der Waals surface area contributed by atoms with Crippen LogP contribution in [0.5, 0.6) is 0 Å². The molecule has 14 heavy (non-hydrogen) atoms. The molecule has 0 aliphatic heterocycles. The van der Waals surface area contributed by atoms with Gasteiger partial charge in [0, 0.05) is 14.2 Å². The molecule has 0 heterocycles. The van der Waals surface area contributed by atoms with Crippen LogP contribution in [-0.2, 0) is 13.8 Å². The molecular formula is C9H12ClO3P. The van der Waals surface area contributed by atoms with Crippen LogP contribution in [0.4, 0.5) is 0 Å². The van der Waals surface area contributed by atoms with Crippen LogP contribution >= 0.6 is 18.0 Å². The Hall–Kier alpha value is -0.340. The minimum absolute atomic E-state index is 0.713. The summed E-state index contributed by atoms with van der Waals surface area (Å²) in [5.41, 5.74) is 0.746. The zero-order valence-corrected chi connectivity index (χ0v) is 9.66. The van der Waals surface area contributed by atoms with Gasteiger partial charge < -0.3 is 9.26 Å². The van der Waals surface area contributed by atoms with Gasteiger partial charge >= 0.3 is 6.72 Å². The smallest absolute Gasteiger partial charge is 0.322 e. The number of halogens is 1. The molecule has 0 aromatic heterocycles. The molecule has 1 rings (SSSR count). The monoisotopic (exact) mass is 234 g/mol. The van der Waals surface area contributed by atoms with E-state index >= 15 is 0 Å². The predicted octanol–water partition coefficient (Wildman–Crippen LogP) is 3.41. The van der Waals surface area contributed by atoms with E-state index in [0.717, 1.165) is 5.56 Å². The molecule has 5 heteroatoms. The summed E-state index contributed by atoms with van der Waals surface area (Å²) >= 11 is 5.73. The van der Waals surface area contributed by atoms with Crippen molar-refractivity contribution in [1.29, 1.82) is 0 Å². The average Bonchev–Trinajstić information content (AvgIpc) is 2.20. The molecule has 0 fully saturated rings. The van der Waals surface area contributed by atoms with Gasteiger partial charge in [0.2, 0.25) is 0 Å². The van der Waals surface area contributed by atoms with Crippen molar-refractivity contribution in [2.75, 3.05) is 14.2 Å². The number of hydrogen-bond donors (Lipinski definition) is 0. The summed E-state index contributed by atoms with van der Waals surface area (Å²) < 4.78 is 21.5. The molecule has 1 aromatic rings. The second kappa shape index (κ2) is 4.94. The maximum absolute atomic E-state index is 11.7. The van der Waals surface area contributed by atoms with Crippen LogP contribution in [0, 0.1) is 0 Å². The van der Waals surface area contributed by atoms with Gasteiger partial charge in [-0.15, -0.1) is 0 Å². The Morgan fingerprint density at radius 1 is 1.29 bits per heavy atom. The molecule has 0 aliphatic rings. The van der Waals surface area contributed by atoms with Gasteiger partial charge in [0.25, 0.3) is 0 Å². The summed E-state index contributed by atoms with van der Waals surface area (Å²) in [5.74, 6) is -0.713. The number of hydrogen-bond acceptors (Lipinski definition) is 3. The average molecular weight is 235 g/mol. The van der Waals surface area contributed by atoms with E-state index in [2.05, 4.69) is 0 Å². The van der Waals surface area contributed by atoms with Gasteiger partial charge in [0.05, 0.1) is 0 Å². The van der Waals surface area contributed by atoms with Crippen LogP contribution in [-0.4, -0.2) is 14.2 Å². The van der Waals surface area contributed by atoms with E-state index in [-0.39, 0.29) is 0 Å². The molecule has 0 bridgehead atoms. The van der Waals surface area contributed by atoms with Crippen molar-refractivity contribution in [3.05, 3.63) is 35.9 Å². The number of rotatable bonds is 4. The fourth-order valence-corrected chi connectivity index (χ4v) is 2.70. The standard InChI is InChI=1S/C9H12ClO3P/c1-12-9(14(10,11)13-2)8-6-4-3-5-7-8/h3-7,9H,1-2H3. The highest BCUT2D eigenvalue weighted by atomic mass is 35.7. The normalized spacial score (nSPS) is 17.4. The summed E-state index contributed by atoms with van der Waals surface area (Å²) in [7, 11) is 2.76. The molecule has 0 N–H and O–H groups in total. The maximum atomic E-state index is 11.7. The molecule has 0 amide bonds. The summed E-state index contributed by atoms with van der Waals surface area (Å²) in [6.45, 7) is -3.26. The first-order chi connectivity index (χ1) is 6.61. The van der Waals surface area contributed by atoms with Crippen molar-refractivity contribution in [2.24, 2.45) is 0 Å². The second-order valence-corrected chi connectivity index (χ2v) is 5.99. The zero-order valence-electron chi connectivity index (χ0n) is 8.01. The lowest BCUT2D eigenvalue weighted by Crippen LogP contribution is -2.00. The zero-order chi connectivity index (χ0) is 10.6. The Bertz CT molecular complexity index is 328. The van der Waals surface area contributed by atoms with Crippen LogP contribution < -0.4 is 0 Å². The molecule has 2 atom stereocenters. The Labute approximate surface area is 88.2 Å². The van der Waals surface area contributed by atoms with Crippen molar-refractivity contribution < 1.29 is 13.8 Å². The van der Waals surface area contributed by atoms with Crippen molar-refractivity contribution in [3.63, 3.8) is 0 Å². The molecule has 1 aromatic carbocycles. The van der Waals surface area contributed by atoms with E-state index in [9.17, 15) is 4.57 Å². The van der Waals surface area contributed by atoms with Crippen LogP contribution in [0.15, 0.2) is 30.3 Å². The van der Waals surface area contributed by atoms with Crippen LogP contribution in [0.2, 0.25) is 0 Å². The Morgan fingerprint density at radius 2 is 1.86 bits per heavy atom. The number of benzene rings is 1.